The van der Waals surface area contributed by atoms with E-state index in [9.17, 15) is 13.2 Å². The van der Waals surface area contributed by atoms with Gasteiger partial charge in [0.05, 0.1) is 33.4 Å². The van der Waals surface area contributed by atoms with Gasteiger partial charge in [0.2, 0.25) is 10.0 Å². The molecular formula is C23H19N3O4S. The Hall–Kier alpha value is -3.62. The molecule has 0 bridgehead atoms. The second-order valence-corrected chi connectivity index (χ2v) is 9.13. The first-order valence-electron chi connectivity index (χ1n) is 9.41. The third kappa shape index (κ3) is 4.30. The first-order chi connectivity index (χ1) is 14.8. The first kappa shape index (κ1) is 20.6. The molecule has 0 amide bonds. The lowest BCUT2D eigenvalue weighted by Gasteiger charge is -2.12. The van der Waals surface area contributed by atoms with Gasteiger partial charge in [0.15, 0.2) is 0 Å². The summed E-state index contributed by atoms with van der Waals surface area (Å²) < 4.78 is 31.2. The van der Waals surface area contributed by atoms with E-state index >= 15 is 0 Å². The van der Waals surface area contributed by atoms with E-state index in [1.54, 1.807) is 24.4 Å². The zero-order valence-corrected chi connectivity index (χ0v) is 17.7. The summed E-state index contributed by atoms with van der Waals surface area (Å²) in [5.41, 5.74) is 3.09. The van der Waals surface area contributed by atoms with Crippen LogP contribution in [-0.2, 0) is 10.0 Å². The Labute approximate surface area is 180 Å². The van der Waals surface area contributed by atoms with Crippen molar-refractivity contribution in [2.24, 2.45) is 0 Å². The molecule has 0 saturated carbocycles. The number of carbonyl (C=O) groups excluding carboxylic acids is 1. The lowest BCUT2D eigenvalue weighted by molar-refractivity contribution is 0.0734. The lowest BCUT2D eigenvalue weighted by atomic mass is 10.1. The molecule has 0 radical (unpaired) electrons. The molecule has 0 spiro atoms. The average Bonchev–Trinajstić information content (AvgIpc) is 2.79. The number of fused-ring (bicyclic) bond motifs is 1. The van der Waals surface area contributed by atoms with Gasteiger partial charge in [0.1, 0.15) is 5.75 Å². The van der Waals surface area contributed by atoms with Crippen LogP contribution in [0, 0.1) is 0 Å². The van der Waals surface area contributed by atoms with Crippen molar-refractivity contribution in [3.05, 3.63) is 84.6 Å². The normalized spacial score (nSPS) is 11.6. The Morgan fingerprint density at radius 1 is 0.903 bits per heavy atom. The maximum absolute atomic E-state index is 12.6. The fourth-order valence-corrected chi connectivity index (χ4v) is 3.92. The van der Waals surface area contributed by atoms with Crippen LogP contribution in [0.1, 0.15) is 10.4 Å². The quantitative estimate of drug-likeness (QED) is 0.352. The highest BCUT2D eigenvalue weighted by Crippen LogP contribution is 2.24. The van der Waals surface area contributed by atoms with E-state index in [2.05, 4.69) is 9.97 Å². The lowest BCUT2D eigenvalue weighted by Crippen LogP contribution is -2.22. The van der Waals surface area contributed by atoms with Gasteiger partial charge in [-0.15, -0.1) is 0 Å². The van der Waals surface area contributed by atoms with Crippen molar-refractivity contribution >= 4 is 27.0 Å². The van der Waals surface area contributed by atoms with Crippen LogP contribution < -0.4 is 4.74 Å². The fourth-order valence-electron chi connectivity index (χ4n) is 2.98. The maximum Gasteiger partial charge on any atom is 0.343 e. The number of nitrogens with zero attached hydrogens (tertiary/aromatic N) is 3. The van der Waals surface area contributed by atoms with Crippen molar-refractivity contribution in [3.8, 4) is 17.0 Å². The number of rotatable bonds is 5. The molecule has 0 N–H and O–H groups in total. The van der Waals surface area contributed by atoms with Gasteiger partial charge >= 0.3 is 5.97 Å². The minimum absolute atomic E-state index is 0.0205. The van der Waals surface area contributed by atoms with Crippen molar-refractivity contribution in [1.82, 2.24) is 14.3 Å². The summed E-state index contributed by atoms with van der Waals surface area (Å²) in [4.78, 5) is 21.7. The van der Waals surface area contributed by atoms with Crippen molar-refractivity contribution in [2.45, 2.75) is 4.90 Å². The predicted octanol–water partition coefficient (Wildman–Crippen LogP) is 3.77. The van der Waals surface area contributed by atoms with Crippen LogP contribution in [0.15, 0.2) is 83.9 Å². The molecule has 1 aromatic heterocycles. The molecule has 0 unspecified atom stereocenters. The number of hydrogen-bond acceptors (Lipinski definition) is 6. The molecule has 31 heavy (non-hydrogen) atoms. The zero-order valence-electron chi connectivity index (χ0n) is 16.9. The van der Waals surface area contributed by atoms with Crippen LogP contribution in [0.25, 0.3) is 22.3 Å². The Kier molecular flexibility index (Phi) is 5.50. The van der Waals surface area contributed by atoms with Crippen LogP contribution in [0.2, 0.25) is 0 Å². The maximum atomic E-state index is 12.6. The summed E-state index contributed by atoms with van der Waals surface area (Å²) in [7, 11) is -0.792. The van der Waals surface area contributed by atoms with Crippen LogP contribution in [0.5, 0.6) is 5.75 Å². The topological polar surface area (TPSA) is 89.5 Å². The standard InChI is InChI=1S/C23H19N3O4S/c1-26(2)31(28,29)19-10-6-8-17(14-19)23(27)30-18-9-5-7-16(13-18)22-15-24-20-11-3-4-12-21(20)25-22/h3-15H,1-2H3. The van der Waals surface area contributed by atoms with Gasteiger partial charge < -0.3 is 4.74 Å². The summed E-state index contributed by atoms with van der Waals surface area (Å²) in [5, 5.41) is 0. The average molecular weight is 433 g/mol. The largest absolute Gasteiger partial charge is 0.423 e. The molecular weight excluding hydrogens is 414 g/mol. The van der Waals surface area contributed by atoms with Crippen molar-refractivity contribution in [2.75, 3.05) is 14.1 Å². The molecule has 0 aliphatic heterocycles. The van der Waals surface area contributed by atoms with Gasteiger partial charge in [0, 0.05) is 19.7 Å². The summed E-state index contributed by atoms with van der Waals surface area (Å²) in [6.45, 7) is 0. The Morgan fingerprint density at radius 3 is 2.42 bits per heavy atom. The second kappa shape index (κ2) is 8.25. The number of benzene rings is 3. The van der Waals surface area contributed by atoms with Gasteiger partial charge in [-0.1, -0.05) is 30.3 Å². The van der Waals surface area contributed by atoms with E-state index in [0.717, 1.165) is 20.9 Å². The molecule has 1 heterocycles. The molecule has 0 aliphatic rings. The van der Waals surface area contributed by atoms with E-state index in [4.69, 9.17) is 4.74 Å². The van der Waals surface area contributed by atoms with Gasteiger partial charge in [-0.3, -0.25) is 4.98 Å². The highest BCUT2D eigenvalue weighted by Gasteiger charge is 2.19. The van der Waals surface area contributed by atoms with Crippen LogP contribution in [-0.4, -0.2) is 42.8 Å². The van der Waals surface area contributed by atoms with E-state index in [0.29, 0.717) is 11.4 Å². The molecule has 4 aromatic rings. The Morgan fingerprint density at radius 2 is 1.65 bits per heavy atom. The van der Waals surface area contributed by atoms with Crippen LogP contribution in [0.3, 0.4) is 0 Å². The number of carbonyl (C=O) groups is 1. The van der Waals surface area contributed by atoms with Crippen LogP contribution >= 0.6 is 0 Å². The number of ether oxygens (including phenoxy) is 1. The molecule has 0 saturated heterocycles. The highest BCUT2D eigenvalue weighted by atomic mass is 32.2. The van der Waals surface area contributed by atoms with E-state index in [-0.39, 0.29) is 10.5 Å². The summed E-state index contributed by atoms with van der Waals surface area (Å²) >= 11 is 0. The number of sulfonamides is 1. The smallest absolute Gasteiger partial charge is 0.343 e. The number of para-hydroxylation sites is 2. The minimum Gasteiger partial charge on any atom is -0.423 e. The monoisotopic (exact) mass is 433 g/mol. The van der Waals surface area contributed by atoms with Crippen molar-refractivity contribution < 1.29 is 17.9 Å². The SMILES string of the molecule is CN(C)S(=O)(=O)c1cccc(C(=O)Oc2cccc(-c3cnc4ccccc4n3)c2)c1. The molecule has 8 heteroatoms. The summed E-state index contributed by atoms with van der Waals surface area (Å²) in [6.07, 6.45) is 1.67. The predicted molar refractivity (Wildman–Crippen MR) is 117 cm³/mol. The molecule has 156 valence electrons. The van der Waals surface area contributed by atoms with Gasteiger partial charge in [-0.25, -0.2) is 22.5 Å². The van der Waals surface area contributed by atoms with Crippen molar-refractivity contribution in [1.29, 1.82) is 0 Å². The van der Waals surface area contributed by atoms with Crippen LogP contribution in [0.4, 0.5) is 0 Å². The zero-order chi connectivity index (χ0) is 22.0. The number of hydrogen-bond donors (Lipinski definition) is 0. The number of esters is 1. The van der Waals surface area contributed by atoms with E-state index < -0.39 is 16.0 Å². The molecule has 0 fully saturated rings. The Balaban J connectivity index is 1.60. The summed E-state index contributed by atoms with van der Waals surface area (Å²) in [5.74, 6) is -0.337. The molecule has 7 nitrogen and oxygen atoms in total. The molecule has 0 aliphatic carbocycles. The molecule has 0 atom stereocenters. The molecule has 4 rings (SSSR count). The van der Waals surface area contributed by atoms with Gasteiger partial charge in [-0.2, -0.15) is 0 Å². The highest BCUT2D eigenvalue weighted by molar-refractivity contribution is 7.89. The summed E-state index contributed by atoms with van der Waals surface area (Å²) in [6, 6.07) is 20.2. The fraction of sp³-hybridized carbons (Fsp3) is 0.0870. The van der Waals surface area contributed by atoms with Gasteiger partial charge in [-0.05, 0) is 42.5 Å². The first-order valence-corrected chi connectivity index (χ1v) is 10.9. The van der Waals surface area contributed by atoms with Gasteiger partial charge in [0.25, 0.3) is 0 Å². The third-order valence-corrected chi connectivity index (χ3v) is 6.45. The second-order valence-electron chi connectivity index (χ2n) is 6.98. The third-order valence-electron chi connectivity index (χ3n) is 4.64. The Bertz CT molecular complexity index is 1380. The van der Waals surface area contributed by atoms with Crippen molar-refractivity contribution in [3.63, 3.8) is 0 Å². The number of aromatic nitrogens is 2. The van der Waals surface area contributed by atoms with E-state index in [1.807, 2.05) is 30.3 Å². The minimum atomic E-state index is -3.66. The van der Waals surface area contributed by atoms with E-state index in [1.165, 1.54) is 38.4 Å². The molecule has 3 aromatic carbocycles.